The summed E-state index contributed by atoms with van der Waals surface area (Å²) in [5, 5.41) is 9.01. The van der Waals surface area contributed by atoms with Gasteiger partial charge in [-0.3, -0.25) is 4.79 Å². The lowest BCUT2D eigenvalue weighted by Crippen LogP contribution is -2.53. The van der Waals surface area contributed by atoms with Crippen molar-refractivity contribution in [3.05, 3.63) is 276 Å². The summed E-state index contributed by atoms with van der Waals surface area (Å²) in [6.07, 6.45) is 19.3. The maximum absolute atomic E-state index is 12.9. The summed E-state index contributed by atoms with van der Waals surface area (Å²) >= 11 is 0. The first-order valence-electron chi connectivity index (χ1n) is 39.6. The summed E-state index contributed by atoms with van der Waals surface area (Å²) in [7, 11) is -4.76. The number of ether oxygens (including phenoxy) is 5. The summed E-state index contributed by atoms with van der Waals surface area (Å²) in [5.74, 6) is 8.45. The molecule has 0 aromatic heterocycles. The van der Waals surface area contributed by atoms with Gasteiger partial charge in [0, 0.05) is 0 Å². The topological polar surface area (TPSA) is 158 Å². The number of rotatable bonds is 24. The standard InChI is InChI=1S/C29H38O3.C21H28O2.C18H15S.C17H18O5S.C10H14O/c1-3-21(2)26-9-11-27(12-10-26)32-28(30-19-22-7-5-4-6-8-22)20-31-29-16-23-13-24(17-29)15-25(14-23)18-29;1-3-14(2)18-4-6-19(7-5-18)23-20(22)21-11-15-8-16(12-21)10-17(9-15)13-21;1-4-10-16(11-5-1)19(17-12-6-2-7-13-17)18-14-8-3-9-15-18;1-3-12(2)13-8-10-14(11-9-13)22-17(18)15-6-4-5-7-16(15)23(19,20)21;1-3-8(2)9-4-6-10(11)7-5-9/h4-12,21,23-25,28H,3,13-20H2,1-2H3;4-7,14-17H,3,8-13H2,1-2H3;1-15H;4-12H,3H2,1-2H3,(H,19,20,21);4-8,11H,3H2,1-2H3/q;;+1;;/p-1. The smallest absolute Gasteiger partial charge is 0.344 e. The van der Waals surface area contributed by atoms with Crippen molar-refractivity contribution < 1.29 is 51.4 Å². The average Bonchev–Trinajstić information content (AvgIpc) is 0.777. The Balaban J connectivity index is 0.000000139. The summed E-state index contributed by atoms with van der Waals surface area (Å²) in [4.78, 5) is 28.6. The van der Waals surface area contributed by atoms with Gasteiger partial charge >= 0.3 is 11.9 Å². The van der Waals surface area contributed by atoms with E-state index in [1.807, 2.05) is 54.6 Å². The molecule has 0 saturated heterocycles. The van der Waals surface area contributed by atoms with Gasteiger partial charge in [-0.1, -0.05) is 201 Å². The number of carbonyl (C=O) groups is 2. The third-order valence-electron chi connectivity index (χ3n) is 23.5. The second-order valence-electron chi connectivity index (χ2n) is 31.5. The molecule has 0 heterocycles. The summed E-state index contributed by atoms with van der Waals surface area (Å²) < 4.78 is 63.9. The van der Waals surface area contributed by atoms with Crippen molar-refractivity contribution in [2.75, 3.05) is 6.61 Å². The molecule has 9 aromatic carbocycles. The van der Waals surface area contributed by atoms with Crippen molar-refractivity contribution in [1.82, 2.24) is 0 Å². The summed E-state index contributed by atoms with van der Waals surface area (Å²) in [6.45, 7) is 18.5. The van der Waals surface area contributed by atoms with Gasteiger partial charge in [-0.25, -0.2) is 13.2 Å². The number of benzene rings is 9. The molecule has 11 nitrogen and oxygen atoms in total. The van der Waals surface area contributed by atoms with E-state index in [2.05, 4.69) is 195 Å². The lowest BCUT2D eigenvalue weighted by Gasteiger charge is -2.56. The van der Waals surface area contributed by atoms with Gasteiger partial charge in [0.05, 0.1) is 39.0 Å². The van der Waals surface area contributed by atoms with Crippen LogP contribution < -0.4 is 14.2 Å². The fraction of sp³-hybridized carbons (Fsp3) is 0.411. The average molecular weight is 1490 g/mol. The van der Waals surface area contributed by atoms with E-state index in [4.69, 9.17) is 28.8 Å². The van der Waals surface area contributed by atoms with Crippen LogP contribution in [0.1, 0.15) is 220 Å². The molecule has 0 amide bonds. The minimum absolute atomic E-state index is 0.0146. The quantitative estimate of drug-likeness (QED) is 0.0202. The molecule has 8 aliphatic rings. The second kappa shape index (κ2) is 38.4. The van der Waals surface area contributed by atoms with Gasteiger partial charge in [0.1, 0.15) is 39.7 Å². The minimum atomic E-state index is -4.74. The molecule has 8 aliphatic carbocycles. The van der Waals surface area contributed by atoms with Crippen molar-refractivity contribution in [2.45, 2.75) is 220 Å². The van der Waals surface area contributed by atoms with Crippen molar-refractivity contribution in [2.24, 2.45) is 40.9 Å². The van der Waals surface area contributed by atoms with Gasteiger partial charge < -0.3 is 33.3 Å². The fourth-order valence-electron chi connectivity index (χ4n) is 17.5. The number of phenols is 1. The van der Waals surface area contributed by atoms with Crippen LogP contribution in [0.5, 0.6) is 23.0 Å². The van der Waals surface area contributed by atoms with Crippen molar-refractivity contribution in [1.29, 1.82) is 0 Å². The Hall–Kier alpha value is -8.30. The Labute approximate surface area is 646 Å². The highest BCUT2D eigenvalue weighted by molar-refractivity contribution is 7.97. The first kappa shape index (κ1) is 80.7. The van der Waals surface area contributed by atoms with Crippen LogP contribution in [0, 0.1) is 40.9 Å². The lowest BCUT2D eigenvalue weighted by molar-refractivity contribution is -0.208. The molecule has 8 saturated carbocycles. The van der Waals surface area contributed by atoms with Crippen LogP contribution in [0.25, 0.3) is 0 Å². The molecule has 570 valence electrons. The Morgan fingerprint density at radius 1 is 0.444 bits per heavy atom. The van der Waals surface area contributed by atoms with Crippen LogP contribution in [-0.4, -0.2) is 48.5 Å². The van der Waals surface area contributed by atoms with Crippen LogP contribution in [-0.2, 0) is 41.9 Å². The molecule has 5 unspecified atom stereocenters. The van der Waals surface area contributed by atoms with E-state index in [0.717, 1.165) is 109 Å². The Morgan fingerprint density at radius 2 is 0.787 bits per heavy atom. The van der Waals surface area contributed by atoms with Crippen molar-refractivity contribution in [3.63, 3.8) is 0 Å². The maximum atomic E-state index is 12.9. The molecule has 8 fully saturated rings. The van der Waals surface area contributed by atoms with Crippen LogP contribution in [0.4, 0.5) is 0 Å². The number of esters is 2. The number of carbonyl (C=O) groups excluding carboxylic acids is 2. The monoisotopic (exact) mass is 1490 g/mol. The zero-order valence-corrected chi connectivity index (χ0v) is 66.2. The van der Waals surface area contributed by atoms with Gasteiger partial charge in [-0.15, -0.1) is 0 Å². The number of hydrogen-bond acceptors (Lipinski definition) is 11. The minimum Gasteiger partial charge on any atom is -0.744 e. The zero-order chi connectivity index (χ0) is 76.2. The first-order chi connectivity index (χ1) is 52.2. The number of hydrogen-bond donors (Lipinski definition) is 1. The van der Waals surface area contributed by atoms with E-state index in [9.17, 15) is 22.6 Å². The molecule has 5 atom stereocenters. The largest absolute Gasteiger partial charge is 0.744 e. The van der Waals surface area contributed by atoms with Crippen LogP contribution in [0.2, 0.25) is 0 Å². The van der Waals surface area contributed by atoms with E-state index in [1.54, 1.807) is 24.3 Å². The molecule has 13 heteroatoms. The Morgan fingerprint density at radius 3 is 1.18 bits per heavy atom. The molecule has 0 spiro atoms. The molecule has 1 N–H and O–H groups in total. The molecule has 17 rings (SSSR count). The van der Waals surface area contributed by atoms with Gasteiger partial charge in [0.25, 0.3) is 0 Å². The van der Waals surface area contributed by atoms with E-state index >= 15 is 0 Å². The molecule has 8 bridgehead atoms. The normalized spacial score (nSPS) is 22.5. The lowest BCUT2D eigenvalue weighted by atomic mass is 9.49. The van der Waals surface area contributed by atoms with Gasteiger partial charge in [-0.05, 0) is 287 Å². The van der Waals surface area contributed by atoms with E-state index in [-0.39, 0.29) is 33.4 Å². The van der Waals surface area contributed by atoms with E-state index < -0.39 is 27.3 Å². The van der Waals surface area contributed by atoms with E-state index in [1.165, 1.54) is 107 Å². The van der Waals surface area contributed by atoms with Crippen molar-refractivity contribution in [3.8, 4) is 23.0 Å². The van der Waals surface area contributed by atoms with Crippen LogP contribution >= 0.6 is 0 Å². The predicted molar refractivity (Wildman–Crippen MR) is 432 cm³/mol. The summed E-state index contributed by atoms with van der Waals surface area (Å²) in [6, 6.07) is 78.8. The third-order valence-corrected chi connectivity index (χ3v) is 26.6. The Kier molecular flexibility index (Phi) is 28.7. The third kappa shape index (κ3) is 22.0. The molecule has 0 radical (unpaired) electrons. The highest BCUT2D eigenvalue weighted by Gasteiger charge is 2.56. The number of aromatic hydroxyl groups is 1. The molecule has 9 aromatic rings. The van der Waals surface area contributed by atoms with Crippen LogP contribution in [0.3, 0.4) is 0 Å². The van der Waals surface area contributed by atoms with Gasteiger partial charge in [-0.2, -0.15) is 0 Å². The molecular weight excluding hydrogens is 1380 g/mol. The SMILES string of the molecule is CCC(C)c1ccc(O)cc1.CCC(C)c1ccc(OC(=O)C23CC4CC(CC(C4)C2)C3)cc1.CCC(C)c1ccc(OC(=O)c2ccccc2S(=O)(=O)[O-])cc1.CCC(C)c1ccc(OC(COC23CC4CC(CC(C4)C2)C3)OCc2ccccc2)cc1.c1ccc([S+](c2ccccc2)c2ccccc2)cc1. The van der Waals surface area contributed by atoms with Crippen LogP contribution in [0.15, 0.2) is 262 Å². The van der Waals surface area contributed by atoms with Crippen molar-refractivity contribution >= 4 is 33.0 Å². The van der Waals surface area contributed by atoms with Gasteiger partial charge in [0.2, 0.25) is 6.29 Å². The summed E-state index contributed by atoms with van der Waals surface area (Å²) in [5.41, 5.74) is 5.88. The molecule has 108 heavy (non-hydrogen) atoms. The number of phenolic OH excluding ortho intramolecular Hbond substituents is 1. The van der Waals surface area contributed by atoms with E-state index in [0.29, 0.717) is 48.4 Å². The fourth-order valence-corrected chi connectivity index (χ4v) is 20.3. The van der Waals surface area contributed by atoms with Gasteiger partial charge in [0.15, 0.2) is 14.7 Å². The predicted octanol–water partition coefficient (Wildman–Crippen LogP) is 23.4. The molecule has 0 aliphatic heterocycles. The highest BCUT2D eigenvalue weighted by atomic mass is 32.2. The second-order valence-corrected chi connectivity index (χ2v) is 34.8. The highest BCUT2D eigenvalue weighted by Crippen LogP contribution is 2.61. The first-order valence-corrected chi connectivity index (χ1v) is 42.3. The molecular formula is C95H112O11S2. The Bertz CT molecular complexity index is 4180. The maximum Gasteiger partial charge on any atom is 0.344 e. The zero-order valence-electron chi connectivity index (χ0n) is 64.5.